The Hall–Kier alpha value is -2.07. The van der Waals surface area contributed by atoms with Crippen molar-refractivity contribution in [2.45, 2.75) is 78.0 Å². The zero-order chi connectivity index (χ0) is 28.5. The van der Waals surface area contributed by atoms with Gasteiger partial charge in [-0.05, 0) is 19.3 Å². The van der Waals surface area contributed by atoms with E-state index in [1.165, 1.54) is 37.7 Å². The molecule has 1 heterocycles. The number of carbonyl (C=O) groups excluding carboxylic acids is 2. The van der Waals surface area contributed by atoms with E-state index in [0.29, 0.717) is 35.9 Å². The van der Waals surface area contributed by atoms with Crippen molar-refractivity contribution in [1.29, 1.82) is 0 Å². The minimum atomic E-state index is -0.915. The average Bonchev–Trinajstić information content (AvgIpc) is 2.90. The highest BCUT2D eigenvalue weighted by atomic mass is 32.2. The topological polar surface area (TPSA) is 179 Å². The Bertz CT molecular complexity index is 864. The Morgan fingerprint density at radius 2 is 0.946 bits per heavy atom. The van der Waals surface area contributed by atoms with Gasteiger partial charge in [-0.15, -0.1) is 23.5 Å². The lowest BCUT2D eigenvalue weighted by molar-refractivity contribution is -0.138. The van der Waals surface area contributed by atoms with Gasteiger partial charge in [0.2, 0.25) is 0 Å². The van der Waals surface area contributed by atoms with Gasteiger partial charge in [-0.2, -0.15) is 0 Å². The summed E-state index contributed by atoms with van der Waals surface area (Å²) in [4.78, 5) is 58.6. The maximum absolute atomic E-state index is 12.4. The van der Waals surface area contributed by atoms with Gasteiger partial charge >= 0.3 is 29.0 Å². The molecule has 3 unspecified atom stereocenters. The summed E-state index contributed by atoms with van der Waals surface area (Å²) in [6.45, 7) is 4.35. The van der Waals surface area contributed by atoms with Crippen molar-refractivity contribution in [2.24, 2.45) is 0 Å². The number of nitrogens with zero attached hydrogens (tertiary/aromatic N) is 3. The van der Waals surface area contributed by atoms with Crippen molar-refractivity contribution >= 4 is 35.5 Å². The minimum Gasteiger partial charge on any atom is -0.468 e. The molecule has 0 amide bonds. The molecule has 0 saturated carbocycles. The summed E-state index contributed by atoms with van der Waals surface area (Å²) in [7, 11) is 2.70. The SMILES string of the molecule is CCC(O)Cn1c(=O)n(CC(O)CC)c(=O)n(CC(O)CC)c1=O.COC(=O)CSCSCC(=O)OC. The summed E-state index contributed by atoms with van der Waals surface area (Å²) in [6, 6.07) is 0. The molecule has 3 atom stereocenters. The number of ether oxygens (including phenoxy) is 2. The number of aliphatic hydroxyl groups excluding tert-OH is 3. The molecule has 0 spiro atoms. The van der Waals surface area contributed by atoms with Crippen LogP contribution in [0.3, 0.4) is 0 Å². The lowest BCUT2D eigenvalue weighted by Gasteiger charge is -2.18. The predicted molar refractivity (Wildman–Crippen MR) is 142 cm³/mol. The fourth-order valence-corrected chi connectivity index (χ4v) is 4.30. The Balaban J connectivity index is 0.000000845. The number of rotatable bonds is 15. The fourth-order valence-electron chi connectivity index (χ4n) is 2.60. The standard InChI is InChI=1S/C15H27N3O6.C7H12O4S2/c1-4-10(19)7-16-13(22)17(8-11(20)5-2)15(24)18(14(16)23)9-12(21)6-3;1-10-6(8)3-12-5-13-4-7(9)11-2/h10-12,19-21H,4-9H2,1-3H3;3-5H2,1-2H3. The Morgan fingerprint density at radius 1 is 0.676 bits per heavy atom. The highest BCUT2D eigenvalue weighted by Gasteiger charge is 2.20. The molecular weight excluding hydrogens is 530 g/mol. The minimum absolute atomic E-state index is 0.247. The predicted octanol–water partition coefficient (Wildman–Crippen LogP) is -0.759. The molecule has 1 aromatic heterocycles. The van der Waals surface area contributed by atoms with E-state index in [0.717, 1.165) is 13.7 Å². The van der Waals surface area contributed by atoms with E-state index in [4.69, 9.17) is 0 Å². The van der Waals surface area contributed by atoms with Crippen LogP contribution in [0.5, 0.6) is 0 Å². The van der Waals surface area contributed by atoms with Crippen LogP contribution in [0, 0.1) is 0 Å². The summed E-state index contributed by atoms with van der Waals surface area (Å²) in [5, 5.41) is 30.0. The van der Waals surface area contributed by atoms with E-state index in [1.54, 1.807) is 20.8 Å². The molecule has 1 rings (SSSR count). The van der Waals surface area contributed by atoms with Crippen LogP contribution in [0.4, 0.5) is 0 Å². The molecule has 13 nitrogen and oxygen atoms in total. The van der Waals surface area contributed by atoms with Crippen LogP contribution in [-0.2, 0) is 38.7 Å². The number of esters is 2. The van der Waals surface area contributed by atoms with Gasteiger partial charge in [0.05, 0.1) is 63.7 Å². The largest absolute Gasteiger partial charge is 0.468 e. The van der Waals surface area contributed by atoms with Gasteiger partial charge in [0.25, 0.3) is 0 Å². The highest BCUT2D eigenvalue weighted by molar-refractivity contribution is 8.16. The Labute approximate surface area is 223 Å². The van der Waals surface area contributed by atoms with Gasteiger partial charge in [-0.3, -0.25) is 9.59 Å². The molecule has 214 valence electrons. The summed E-state index contributed by atoms with van der Waals surface area (Å²) >= 11 is 2.84. The molecule has 0 aliphatic carbocycles. The lowest BCUT2D eigenvalue weighted by Crippen LogP contribution is -2.57. The second-order valence-corrected chi connectivity index (χ2v) is 10.2. The number of thioether (sulfide) groups is 2. The summed E-state index contributed by atoms with van der Waals surface area (Å²) < 4.78 is 11.2. The van der Waals surface area contributed by atoms with Crippen molar-refractivity contribution in [1.82, 2.24) is 13.7 Å². The first kappa shape index (κ1) is 34.9. The summed E-state index contributed by atoms with van der Waals surface area (Å²) in [6.07, 6.45) is -1.74. The first-order chi connectivity index (χ1) is 17.5. The van der Waals surface area contributed by atoms with Crippen molar-refractivity contribution in [2.75, 3.05) is 30.8 Å². The smallest absolute Gasteiger partial charge is 0.336 e. The number of methoxy groups -OCH3 is 2. The van der Waals surface area contributed by atoms with Gasteiger partial charge < -0.3 is 24.8 Å². The maximum Gasteiger partial charge on any atom is 0.336 e. The van der Waals surface area contributed by atoms with Crippen LogP contribution in [0.15, 0.2) is 14.4 Å². The van der Waals surface area contributed by atoms with E-state index in [9.17, 15) is 39.3 Å². The third kappa shape index (κ3) is 12.8. The molecule has 1 aromatic rings. The lowest BCUT2D eigenvalue weighted by atomic mass is 10.2. The van der Waals surface area contributed by atoms with Gasteiger partial charge in [0.1, 0.15) is 0 Å². The third-order valence-electron chi connectivity index (χ3n) is 5.04. The van der Waals surface area contributed by atoms with Gasteiger partial charge in [0, 0.05) is 5.08 Å². The molecule has 0 radical (unpaired) electrons. The number of aliphatic hydroxyl groups is 3. The van der Waals surface area contributed by atoms with E-state index in [2.05, 4.69) is 9.47 Å². The molecule has 15 heteroatoms. The zero-order valence-corrected chi connectivity index (χ0v) is 23.6. The molecule has 37 heavy (non-hydrogen) atoms. The average molecular weight is 570 g/mol. The maximum atomic E-state index is 12.4. The van der Waals surface area contributed by atoms with Crippen molar-refractivity contribution in [3.05, 3.63) is 31.5 Å². The molecule has 0 bridgehead atoms. The molecule has 0 saturated heterocycles. The van der Waals surface area contributed by atoms with Crippen LogP contribution in [0.2, 0.25) is 0 Å². The molecule has 3 N–H and O–H groups in total. The molecule has 0 aliphatic rings. The second-order valence-electron chi connectivity index (χ2n) is 7.83. The van der Waals surface area contributed by atoms with E-state index >= 15 is 0 Å². The van der Waals surface area contributed by atoms with E-state index < -0.39 is 35.4 Å². The van der Waals surface area contributed by atoms with E-state index in [-0.39, 0.29) is 31.6 Å². The van der Waals surface area contributed by atoms with Crippen LogP contribution in [-0.4, -0.2) is 90.1 Å². The molecular formula is C22H39N3O10S2. The van der Waals surface area contributed by atoms with Crippen molar-refractivity contribution in [3.8, 4) is 0 Å². The first-order valence-electron chi connectivity index (χ1n) is 11.7. The number of hydrogen-bond donors (Lipinski definition) is 3. The molecule has 0 aromatic carbocycles. The van der Waals surface area contributed by atoms with E-state index in [1.807, 2.05) is 0 Å². The van der Waals surface area contributed by atoms with Gasteiger partial charge in [-0.25, -0.2) is 28.1 Å². The third-order valence-corrected chi connectivity index (χ3v) is 7.25. The Morgan fingerprint density at radius 3 is 1.16 bits per heavy atom. The fraction of sp³-hybridized carbons (Fsp3) is 0.773. The van der Waals surface area contributed by atoms with Crippen LogP contribution >= 0.6 is 23.5 Å². The van der Waals surface area contributed by atoms with Crippen LogP contribution in [0.1, 0.15) is 40.0 Å². The van der Waals surface area contributed by atoms with Crippen LogP contribution < -0.4 is 17.1 Å². The quantitative estimate of drug-likeness (QED) is 0.137. The summed E-state index contributed by atoms with van der Waals surface area (Å²) in [5.74, 6) is 0.155. The molecule has 0 aliphatic heterocycles. The number of hydrogen-bond acceptors (Lipinski definition) is 12. The normalized spacial score (nSPS) is 13.2. The van der Waals surface area contributed by atoms with Gasteiger partial charge in [-0.1, -0.05) is 20.8 Å². The van der Waals surface area contributed by atoms with Crippen molar-refractivity contribution < 1.29 is 34.4 Å². The Kier molecular flexibility index (Phi) is 18.0. The zero-order valence-electron chi connectivity index (χ0n) is 22.0. The monoisotopic (exact) mass is 569 g/mol. The van der Waals surface area contributed by atoms with Gasteiger partial charge in [0.15, 0.2) is 0 Å². The highest BCUT2D eigenvalue weighted by Crippen LogP contribution is 2.11. The number of carbonyl (C=O) groups is 2. The first-order valence-corrected chi connectivity index (χ1v) is 14.1. The molecule has 0 fully saturated rings. The second kappa shape index (κ2) is 19.1. The van der Waals surface area contributed by atoms with Crippen LogP contribution in [0.25, 0.3) is 0 Å². The number of aromatic nitrogens is 3. The summed E-state index contributed by atoms with van der Waals surface area (Å²) in [5.41, 5.74) is -2.60. The van der Waals surface area contributed by atoms with Crippen molar-refractivity contribution in [3.63, 3.8) is 0 Å².